The summed E-state index contributed by atoms with van der Waals surface area (Å²) in [6.45, 7) is 0.212. The van der Waals surface area contributed by atoms with Crippen molar-refractivity contribution >= 4 is 11.9 Å². The van der Waals surface area contributed by atoms with Gasteiger partial charge < -0.3 is 14.4 Å². The van der Waals surface area contributed by atoms with Gasteiger partial charge in [-0.3, -0.25) is 9.59 Å². The predicted molar refractivity (Wildman–Crippen MR) is 94.6 cm³/mol. The Bertz CT molecular complexity index is 934. The second-order valence-corrected chi connectivity index (χ2v) is 6.27. The lowest BCUT2D eigenvalue weighted by Crippen LogP contribution is -2.44. The molecule has 3 aromatic rings. The Labute approximate surface area is 150 Å². The first-order valence-corrected chi connectivity index (χ1v) is 8.37. The van der Waals surface area contributed by atoms with Gasteiger partial charge in [-0.25, -0.2) is 0 Å². The van der Waals surface area contributed by atoms with E-state index in [0.717, 1.165) is 5.56 Å². The Morgan fingerprint density at radius 2 is 1.73 bits per heavy atom. The molecule has 5 nitrogen and oxygen atoms in total. The Morgan fingerprint density at radius 1 is 1.00 bits per heavy atom. The first kappa shape index (κ1) is 16.1. The molecular formula is C21H17NO4. The second kappa shape index (κ2) is 6.52. The highest BCUT2D eigenvalue weighted by Gasteiger charge is 2.44. The number of furan rings is 1. The molecule has 0 bridgehead atoms. The zero-order valence-electron chi connectivity index (χ0n) is 13.9. The molecule has 26 heavy (non-hydrogen) atoms. The number of hydrogen-bond donors (Lipinski definition) is 1. The van der Waals surface area contributed by atoms with Crippen molar-refractivity contribution < 1.29 is 19.1 Å². The molecule has 2 heterocycles. The zero-order chi connectivity index (χ0) is 18.1. The SMILES string of the molecule is O=C(O)C1c2ccccc2C(=O)N(Cc2ccco2)C1c1ccccc1. The van der Waals surface area contributed by atoms with Crippen LogP contribution >= 0.6 is 0 Å². The van der Waals surface area contributed by atoms with Crippen molar-refractivity contribution in [3.05, 3.63) is 95.4 Å². The van der Waals surface area contributed by atoms with E-state index in [-0.39, 0.29) is 12.5 Å². The van der Waals surface area contributed by atoms with E-state index in [0.29, 0.717) is 16.9 Å². The van der Waals surface area contributed by atoms with Gasteiger partial charge in [0.25, 0.3) is 5.91 Å². The van der Waals surface area contributed by atoms with E-state index in [1.54, 1.807) is 47.6 Å². The number of amides is 1. The standard InChI is InChI=1S/C21H17NO4/c23-20-17-11-5-4-10-16(17)18(21(24)25)19(14-7-2-1-3-8-14)22(20)13-15-9-6-12-26-15/h1-12,18-19H,13H2,(H,24,25). The number of carbonyl (C=O) groups excluding carboxylic acids is 1. The van der Waals surface area contributed by atoms with E-state index >= 15 is 0 Å². The van der Waals surface area contributed by atoms with Crippen LogP contribution in [0, 0.1) is 0 Å². The molecule has 1 aromatic heterocycles. The van der Waals surface area contributed by atoms with E-state index < -0.39 is 17.9 Å². The minimum Gasteiger partial charge on any atom is -0.481 e. The third-order valence-corrected chi connectivity index (χ3v) is 4.75. The van der Waals surface area contributed by atoms with E-state index in [1.807, 2.05) is 30.3 Å². The molecule has 0 spiro atoms. The Balaban J connectivity index is 1.89. The van der Waals surface area contributed by atoms with Crippen molar-refractivity contribution in [3.8, 4) is 0 Å². The lowest BCUT2D eigenvalue weighted by atomic mass is 9.79. The number of carboxylic acids is 1. The maximum absolute atomic E-state index is 13.2. The first-order chi connectivity index (χ1) is 12.7. The highest BCUT2D eigenvalue weighted by molar-refractivity contribution is 6.00. The van der Waals surface area contributed by atoms with Crippen molar-refractivity contribution in [1.82, 2.24) is 4.90 Å². The smallest absolute Gasteiger partial charge is 0.313 e. The average Bonchev–Trinajstić information content (AvgIpc) is 3.17. The number of nitrogens with zero attached hydrogens (tertiary/aromatic N) is 1. The molecule has 0 aliphatic carbocycles. The van der Waals surface area contributed by atoms with Crippen LogP contribution in [0.15, 0.2) is 77.4 Å². The Hall–Kier alpha value is -3.34. The molecule has 0 saturated heterocycles. The van der Waals surface area contributed by atoms with Gasteiger partial charge in [0.15, 0.2) is 0 Å². The van der Waals surface area contributed by atoms with E-state index in [9.17, 15) is 14.7 Å². The van der Waals surface area contributed by atoms with Crippen LogP contribution < -0.4 is 0 Å². The molecule has 1 amide bonds. The fourth-order valence-electron chi connectivity index (χ4n) is 3.63. The van der Waals surface area contributed by atoms with Gasteiger partial charge in [0, 0.05) is 5.56 Å². The van der Waals surface area contributed by atoms with Crippen LogP contribution in [0.3, 0.4) is 0 Å². The summed E-state index contributed by atoms with van der Waals surface area (Å²) in [5.74, 6) is -1.38. The quantitative estimate of drug-likeness (QED) is 0.778. The molecule has 1 aliphatic heterocycles. The molecule has 130 valence electrons. The number of carbonyl (C=O) groups is 2. The lowest BCUT2D eigenvalue weighted by molar-refractivity contribution is -0.140. The summed E-state index contributed by atoms with van der Waals surface area (Å²) < 4.78 is 5.41. The molecular weight excluding hydrogens is 330 g/mol. The van der Waals surface area contributed by atoms with Crippen LogP contribution in [0.25, 0.3) is 0 Å². The molecule has 1 aliphatic rings. The van der Waals surface area contributed by atoms with Gasteiger partial charge in [0.05, 0.1) is 18.8 Å². The Morgan fingerprint density at radius 3 is 2.42 bits per heavy atom. The molecule has 2 atom stereocenters. The van der Waals surface area contributed by atoms with Gasteiger partial charge in [0.2, 0.25) is 0 Å². The van der Waals surface area contributed by atoms with E-state index in [1.165, 1.54) is 0 Å². The normalized spacial score (nSPS) is 19.2. The highest BCUT2D eigenvalue weighted by Crippen LogP contribution is 2.43. The highest BCUT2D eigenvalue weighted by atomic mass is 16.4. The minimum absolute atomic E-state index is 0.191. The number of aliphatic carboxylic acids is 1. The van der Waals surface area contributed by atoms with Crippen LogP contribution in [0.2, 0.25) is 0 Å². The molecule has 4 rings (SSSR count). The second-order valence-electron chi connectivity index (χ2n) is 6.27. The fraction of sp³-hybridized carbons (Fsp3) is 0.143. The third-order valence-electron chi connectivity index (χ3n) is 4.75. The maximum Gasteiger partial charge on any atom is 0.313 e. The number of hydrogen-bond acceptors (Lipinski definition) is 3. The van der Waals surface area contributed by atoms with Crippen LogP contribution in [-0.2, 0) is 11.3 Å². The number of rotatable bonds is 4. The number of fused-ring (bicyclic) bond motifs is 1. The number of benzene rings is 2. The summed E-state index contributed by atoms with van der Waals surface area (Å²) in [5.41, 5.74) is 1.77. The van der Waals surface area contributed by atoms with Crippen LogP contribution in [-0.4, -0.2) is 21.9 Å². The van der Waals surface area contributed by atoms with Crippen molar-refractivity contribution in [2.45, 2.75) is 18.5 Å². The van der Waals surface area contributed by atoms with Gasteiger partial charge >= 0.3 is 5.97 Å². The summed E-state index contributed by atoms with van der Waals surface area (Å²) in [4.78, 5) is 27.0. The van der Waals surface area contributed by atoms with Crippen LogP contribution in [0.4, 0.5) is 0 Å². The molecule has 0 radical (unpaired) electrons. The van der Waals surface area contributed by atoms with Gasteiger partial charge in [-0.2, -0.15) is 0 Å². The average molecular weight is 347 g/mol. The maximum atomic E-state index is 13.2. The summed E-state index contributed by atoms with van der Waals surface area (Å²) >= 11 is 0. The minimum atomic E-state index is -0.955. The molecule has 0 saturated carbocycles. The van der Waals surface area contributed by atoms with Crippen molar-refractivity contribution in [2.24, 2.45) is 0 Å². The summed E-state index contributed by atoms with van der Waals surface area (Å²) in [7, 11) is 0. The fourth-order valence-corrected chi connectivity index (χ4v) is 3.63. The summed E-state index contributed by atoms with van der Waals surface area (Å²) in [6.07, 6.45) is 1.55. The van der Waals surface area contributed by atoms with Crippen molar-refractivity contribution in [2.75, 3.05) is 0 Å². The summed E-state index contributed by atoms with van der Waals surface area (Å²) in [6, 6.07) is 19.2. The van der Waals surface area contributed by atoms with Gasteiger partial charge in [-0.15, -0.1) is 0 Å². The zero-order valence-corrected chi connectivity index (χ0v) is 13.9. The van der Waals surface area contributed by atoms with Crippen molar-refractivity contribution in [3.63, 3.8) is 0 Å². The largest absolute Gasteiger partial charge is 0.481 e. The monoisotopic (exact) mass is 347 g/mol. The van der Waals surface area contributed by atoms with E-state index in [4.69, 9.17) is 4.42 Å². The van der Waals surface area contributed by atoms with Crippen molar-refractivity contribution in [1.29, 1.82) is 0 Å². The Kier molecular flexibility index (Phi) is 4.05. The molecule has 5 heteroatoms. The molecule has 0 fully saturated rings. The van der Waals surface area contributed by atoms with Gasteiger partial charge in [0.1, 0.15) is 11.7 Å². The van der Waals surface area contributed by atoms with E-state index in [2.05, 4.69) is 0 Å². The van der Waals surface area contributed by atoms with Gasteiger partial charge in [-0.05, 0) is 29.3 Å². The topological polar surface area (TPSA) is 70.8 Å². The third kappa shape index (κ3) is 2.67. The summed E-state index contributed by atoms with van der Waals surface area (Å²) in [5, 5.41) is 9.99. The first-order valence-electron chi connectivity index (χ1n) is 8.37. The van der Waals surface area contributed by atoms with Crippen LogP contribution in [0.5, 0.6) is 0 Å². The predicted octanol–water partition coefficient (Wildman–Crippen LogP) is 3.85. The molecule has 2 unspecified atom stereocenters. The number of carboxylic acid groups (broad SMARTS) is 1. The lowest BCUT2D eigenvalue weighted by Gasteiger charge is -2.40. The van der Waals surface area contributed by atoms with Crippen LogP contribution in [0.1, 0.15) is 39.2 Å². The molecule has 1 N–H and O–H groups in total. The molecule has 2 aromatic carbocycles. The van der Waals surface area contributed by atoms with Gasteiger partial charge in [-0.1, -0.05) is 48.5 Å².